The summed E-state index contributed by atoms with van der Waals surface area (Å²) in [5.41, 5.74) is 0.465. The van der Waals surface area contributed by atoms with E-state index >= 15 is 0 Å². The van der Waals surface area contributed by atoms with Crippen LogP contribution >= 0.6 is 11.3 Å². The van der Waals surface area contributed by atoms with Crippen LogP contribution in [0.2, 0.25) is 0 Å². The molecule has 0 bridgehead atoms. The van der Waals surface area contributed by atoms with Gasteiger partial charge in [-0.1, -0.05) is 0 Å². The van der Waals surface area contributed by atoms with Gasteiger partial charge >= 0.3 is 5.97 Å². The number of thiophene rings is 1. The first kappa shape index (κ1) is 15.4. The summed E-state index contributed by atoms with van der Waals surface area (Å²) >= 11 is 0.783. The monoisotopic (exact) mass is 319 g/mol. The summed E-state index contributed by atoms with van der Waals surface area (Å²) in [6.45, 7) is 3.36. The van der Waals surface area contributed by atoms with Gasteiger partial charge in [-0.05, 0) is 37.3 Å². The number of aryl methyl sites for hydroxylation is 1. The number of rotatable bonds is 6. The second-order valence-corrected chi connectivity index (χ2v) is 7.84. The van der Waals surface area contributed by atoms with E-state index in [2.05, 4.69) is 4.72 Å². The van der Waals surface area contributed by atoms with Crippen LogP contribution in [0, 0.1) is 12.8 Å². The van der Waals surface area contributed by atoms with Gasteiger partial charge in [0.05, 0.1) is 0 Å². The van der Waals surface area contributed by atoms with Crippen LogP contribution in [-0.2, 0) is 14.8 Å². The number of sulfonamides is 1. The van der Waals surface area contributed by atoms with E-state index in [0.29, 0.717) is 24.6 Å². The highest BCUT2D eigenvalue weighted by molar-refractivity contribution is 7.91. The molecular formula is C12H17NO5S2. The highest BCUT2D eigenvalue weighted by Crippen LogP contribution is 2.26. The number of carbonyl (C=O) groups is 1. The molecule has 0 aliphatic carbocycles. The van der Waals surface area contributed by atoms with E-state index in [-0.39, 0.29) is 9.09 Å². The first-order chi connectivity index (χ1) is 9.40. The van der Waals surface area contributed by atoms with E-state index in [1.54, 1.807) is 6.92 Å². The van der Waals surface area contributed by atoms with Crippen molar-refractivity contribution in [3.8, 4) is 0 Å². The van der Waals surface area contributed by atoms with Gasteiger partial charge in [0.2, 0.25) is 10.0 Å². The number of carboxylic acids is 1. The zero-order valence-corrected chi connectivity index (χ0v) is 12.7. The SMILES string of the molecule is Cc1cc(S(=O)(=O)NCCC2CCOC2)sc1C(=O)O. The standard InChI is InChI=1S/C12H17NO5S2/c1-8-6-10(19-11(8)12(14)15)20(16,17)13-4-2-9-3-5-18-7-9/h6,9,13H,2-5,7H2,1H3,(H,14,15). The van der Waals surface area contributed by atoms with Crippen LogP contribution in [0.25, 0.3) is 0 Å². The average molecular weight is 319 g/mol. The van der Waals surface area contributed by atoms with Crippen molar-refractivity contribution in [3.05, 3.63) is 16.5 Å². The predicted octanol–water partition coefficient (Wildman–Crippen LogP) is 1.46. The maximum Gasteiger partial charge on any atom is 0.346 e. The predicted molar refractivity (Wildman–Crippen MR) is 74.7 cm³/mol. The fraction of sp³-hybridized carbons (Fsp3) is 0.583. The molecule has 1 atom stereocenters. The fourth-order valence-corrected chi connectivity index (χ4v) is 4.55. The molecule has 0 aromatic carbocycles. The Morgan fingerprint density at radius 3 is 2.90 bits per heavy atom. The van der Waals surface area contributed by atoms with Crippen molar-refractivity contribution in [2.24, 2.45) is 5.92 Å². The van der Waals surface area contributed by atoms with Crippen molar-refractivity contribution < 1.29 is 23.1 Å². The Morgan fingerprint density at radius 2 is 2.35 bits per heavy atom. The Balaban J connectivity index is 1.98. The Kier molecular flexibility index (Phi) is 4.79. The number of aromatic carboxylic acids is 1. The molecule has 2 N–H and O–H groups in total. The van der Waals surface area contributed by atoms with Gasteiger partial charge in [-0.2, -0.15) is 0 Å². The summed E-state index contributed by atoms with van der Waals surface area (Å²) in [5.74, 6) is -0.700. The van der Waals surface area contributed by atoms with Crippen molar-refractivity contribution in [3.63, 3.8) is 0 Å². The fourth-order valence-electron chi connectivity index (χ4n) is 2.08. The van der Waals surface area contributed by atoms with E-state index in [9.17, 15) is 13.2 Å². The average Bonchev–Trinajstić information content (AvgIpc) is 2.98. The van der Waals surface area contributed by atoms with Crippen molar-refractivity contribution in [1.29, 1.82) is 0 Å². The van der Waals surface area contributed by atoms with Gasteiger partial charge in [0, 0.05) is 19.8 Å². The lowest BCUT2D eigenvalue weighted by atomic mass is 10.1. The van der Waals surface area contributed by atoms with Crippen LogP contribution in [0.15, 0.2) is 10.3 Å². The second-order valence-electron chi connectivity index (χ2n) is 4.80. The second kappa shape index (κ2) is 6.21. The molecule has 8 heteroatoms. The summed E-state index contributed by atoms with van der Waals surface area (Å²) in [6.07, 6.45) is 1.69. The van der Waals surface area contributed by atoms with Crippen LogP contribution < -0.4 is 4.72 Å². The molecule has 0 spiro atoms. The lowest BCUT2D eigenvalue weighted by Gasteiger charge is -2.08. The third-order valence-corrected chi connectivity index (χ3v) is 6.38. The molecule has 1 aliphatic heterocycles. The molecule has 0 amide bonds. The molecule has 6 nitrogen and oxygen atoms in total. The topological polar surface area (TPSA) is 92.7 Å². The van der Waals surface area contributed by atoms with Crippen LogP contribution in [0.3, 0.4) is 0 Å². The lowest BCUT2D eigenvalue weighted by molar-refractivity contribution is 0.0701. The Hall–Kier alpha value is -0.960. The molecule has 1 aromatic heterocycles. The summed E-state index contributed by atoms with van der Waals surface area (Å²) in [6, 6.07) is 1.40. The maximum atomic E-state index is 12.1. The summed E-state index contributed by atoms with van der Waals surface area (Å²) in [4.78, 5) is 11.0. The summed E-state index contributed by atoms with van der Waals surface area (Å²) in [5, 5.41) is 8.95. The molecule has 112 valence electrons. The number of carboxylic acid groups (broad SMARTS) is 1. The molecule has 1 fully saturated rings. The van der Waals surface area contributed by atoms with E-state index in [1.807, 2.05) is 0 Å². The Bertz CT molecular complexity index is 587. The zero-order chi connectivity index (χ0) is 14.8. The van der Waals surface area contributed by atoms with Gasteiger partial charge in [-0.15, -0.1) is 11.3 Å². The third kappa shape index (κ3) is 3.57. The minimum absolute atomic E-state index is 0.0510. The summed E-state index contributed by atoms with van der Waals surface area (Å²) in [7, 11) is -3.62. The largest absolute Gasteiger partial charge is 0.477 e. The molecule has 1 saturated heterocycles. The van der Waals surface area contributed by atoms with Gasteiger partial charge in [0.15, 0.2) is 0 Å². The van der Waals surface area contributed by atoms with Gasteiger partial charge in [-0.3, -0.25) is 0 Å². The van der Waals surface area contributed by atoms with Gasteiger partial charge in [-0.25, -0.2) is 17.9 Å². The molecule has 1 aromatic rings. The minimum atomic E-state index is -3.62. The van der Waals surface area contributed by atoms with Crippen molar-refractivity contribution in [2.45, 2.75) is 24.0 Å². The molecule has 0 saturated carbocycles. The van der Waals surface area contributed by atoms with Crippen molar-refractivity contribution >= 4 is 27.3 Å². The van der Waals surface area contributed by atoms with Crippen LogP contribution in [0.1, 0.15) is 28.1 Å². The third-order valence-electron chi connectivity index (χ3n) is 3.22. The molecule has 20 heavy (non-hydrogen) atoms. The van der Waals surface area contributed by atoms with E-state index in [1.165, 1.54) is 6.07 Å². The number of ether oxygens (including phenoxy) is 1. The van der Waals surface area contributed by atoms with Gasteiger partial charge in [0.25, 0.3) is 0 Å². The quantitative estimate of drug-likeness (QED) is 0.828. The Morgan fingerprint density at radius 1 is 1.60 bits per heavy atom. The lowest BCUT2D eigenvalue weighted by Crippen LogP contribution is -2.25. The molecule has 1 unspecified atom stereocenters. The molecule has 0 radical (unpaired) electrons. The Labute approximate surface area is 121 Å². The van der Waals surface area contributed by atoms with E-state index in [4.69, 9.17) is 9.84 Å². The van der Waals surface area contributed by atoms with Crippen molar-refractivity contribution in [1.82, 2.24) is 4.72 Å². The number of hydrogen-bond acceptors (Lipinski definition) is 5. The first-order valence-electron chi connectivity index (χ1n) is 6.31. The van der Waals surface area contributed by atoms with Crippen LogP contribution in [0.4, 0.5) is 0 Å². The minimum Gasteiger partial charge on any atom is -0.477 e. The van der Waals surface area contributed by atoms with Crippen LogP contribution in [0.5, 0.6) is 0 Å². The molecule has 2 rings (SSSR count). The van der Waals surface area contributed by atoms with Gasteiger partial charge < -0.3 is 9.84 Å². The smallest absolute Gasteiger partial charge is 0.346 e. The zero-order valence-electron chi connectivity index (χ0n) is 11.1. The highest BCUT2D eigenvalue weighted by atomic mass is 32.2. The maximum absolute atomic E-state index is 12.1. The van der Waals surface area contributed by atoms with Gasteiger partial charge in [0.1, 0.15) is 9.09 Å². The van der Waals surface area contributed by atoms with Crippen molar-refractivity contribution in [2.75, 3.05) is 19.8 Å². The normalized spacial score (nSPS) is 19.4. The highest BCUT2D eigenvalue weighted by Gasteiger charge is 2.22. The first-order valence-corrected chi connectivity index (χ1v) is 8.61. The molecule has 2 heterocycles. The number of nitrogens with one attached hydrogen (secondary N) is 1. The molecule has 1 aliphatic rings. The van der Waals surface area contributed by atoms with E-state index in [0.717, 1.165) is 30.8 Å². The van der Waals surface area contributed by atoms with Crippen LogP contribution in [-0.4, -0.2) is 39.3 Å². The summed E-state index contributed by atoms with van der Waals surface area (Å²) < 4.78 is 31.9. The molecular weight excluding hydrogens is 302 g/mol. The number of hydrogen-bond donors (Lipinski definition) is 2. The van der Waals surface area contributed by atoms with E-state index < -0.39 is 16.0 Å².